The van der Waals surface area contributed by atoms with Gasteiger partial charge in [-0.3, -0.25) is 4.79 Å². The Bertz CT molecular complexity index is 1300. The van der Waals surface area contributed by atoms with E-state index in [0.717, 1.165) is 0 Å². The van der Waals surface area contributed by atoms with Crippen molar-refractivity contribution < 1.29 is 28.5 Å². The van der Waals surface area contributed by atoms with Gasteiger partial charge in [0.2, 0.25) is 11.6 Å². The van der Waals surface area contributed by atoms with E-state index < -0.39 is 17.4 Å². The lowest BCUT2D eigenvalue weighted by Gasteiger charge is -2.29. The van der Waals surface area contributed by atoms with E-state index in [-0.39, 0.29) is 29.4 Å². The molecule has 0 bridgehead atoms. The molecule has 2 aromatic carbocycles. The molecule has 1 aliphatic rings. The summed E-state index contributed by atoms with van der Waals surface area (Å²) in [6, 6.07) is 10.5. The van der Waals surface area contributed by atoms with Crippen LogP contribution in [0.4, 0.5) is 0 Å². The van der Waals surface area contributed by atoms with Crippen molar-refractivity contribution in [1.82, 2.24) is 4.98 Å². The number of pyridine rings is 1. The number of methoxy groups -OCH3 is 3. The Labute approximate surface area is 189 Å². The Hall–Kier alpha value is -4.14. The van der Waals surface area contributed by atoms with Gasteiger partial charge in [0, 0.05) is 5.39 Å². The van der Waals surface area contributed by atoms with Gasteiger partial charge in [0.15, 0.2) is 11.5 Å². The molecule has 9 nitrogen and oxygen atoms in total. The Kier molecular flexibility index (Phi) is 5.87. The molecule has 1 atom stereocenters. The molecule has 0 aliphatic carbocycles. The van der Waals surface area contributed by atoms with E-state index in [2.05, 4.69) is 4.98 Å². The highest BCUT2D eigenvalue weighted by Crippen LogP contribution is 2.47. The van der Waals surface area contributed by atoms with E-state index in [4.69, 9.17) is 29.4 Å². The van der Waals surface area contributed by atoms with Crippen molar-refractivity contribution in [2.45, 2.75) is 12.8 Å². The minimum atomic E-state index is -0.908. The van der Waals surface area contributed by atoms with Crippen molar-refractivity contribution >= 4 is 16.9 Å². The third-order valence-electron chi connectivity index (χ3n) is 5.48. The zero-order valence-electron chi connectivity index (χ0n) is 18.7. The standard InChI is InChI=1S/C24H24N2O7/c1-5-32-24(28)19-17(12-10-15(29-2)21(31-4)16(11-12)30-3)18-20(33-22(19)25)13-8-6-7-9-14(13)26-23(18)27/h6-11,17H,5,25H2,1-4H3,(H,26,27). The molecule has 172 valence electrons. The Morgan fingerprint density at radius 1 is 1.09 bits per heavy atom. The predicted octanol–water partition coefficient (Wildman–Crippen LogP) is 2.81. The van der Waals surface area contributed by atoms with Crippen LogP contribution in [0.3, 0.4) is 0 Å². The summed E-state index contributed by atoms with van der Waals surface area (Å²) in [4.78, 5) is 29.1. The molecule has 4 rings (SSSR count). The Morgan fingerprint density at radius 3 is 2.36 bits per heavy atom. The third-order valence-corrected chi connectivity index (χ3v) is 5.48. The second kappa shape index (κ2) is 8.78. The number of aromatic amines is 1. The van der Waals surface area contributed by atoms with Crippen LogP contribution in [0.25, 0.3) is 10.9 Å². The molecule has 0 amide bonds. The second-order valence-corrected chi connectivity index (χ2v) is 7.23. The average Bonchev–Trinajstić information content (AvgIpc) is 2.82. The van der Waals surface area contributed by atoms with Crippen LogP contribution in [-0.4, -0.2) is 38.9 Å². The lowest BCUT2D eigenvalue weighted by atomic mass is 9.82. The number of ether oxygens (including phenoxy) is 5. The fraction of sp³-hybridized carbons (Fsp3) is 0.250. The fourth-order valence-electron chi connectivity index (χ4n) is 4.08. The largest absolute Gasteiger partial charge is 0.493 e. The Balaban J connectivity index is 2.07. The SMILES string of the molecule is CCOC(=O)C1=C(N)Oc2c(c(=O)[nH]c3ccccc23)C1c1cc(OC)c(OC)c(OC)c1. The number of aromatic nitrogens is 1. The second-order valence-electron chi connectivity index (χ2n) is 7.23. The van der Waals surface area contributed by atoms with Gasteiger partial charge in [-0.15, -0.1) is 0 Å². The van der Waals surface area contributed by atoms with Gasteiger partial charge in [-0.1, -0.05) is 12.1 Å². The first-order valence-electron chi connectivity index (χ1n) is 10.2. The van der Waals surface area contributed by atoms with E-state index in [1.54, 1.807) is 37.3 Å². The van der Waals surface area contributed by atoms with E-state index in [1.165, 1.54) is 21.3 Å². The molecule has 1 unspecified atom stereocenters. The number of hydrogen-bond acceptors (Lipinski definition) is 8. The van der Waals surface area contributed by atoms with Crippen LogP contribution in [0.1, 0.15) is 24.0 Å². The number of benzene rings is 2. The molecule has 0 spiro atoms. The van der Waals surface area contributed by atoms with Gasteiger partial charge in [-0.2, -0.15) is 0 Å². The summed E-state index contributed by atoms with van der Waals surface area (Å²) in [5.41, 5.74) is 7.16. The molecule has 0 saturated carbocycles. The first kappa shape index (κ1) is 22.1. The average molecular weight is 452 g/mol. The van der Waals surface area contributed by atoms with Crippen LogP contribution in [-0.2, 0) is 9.53 Å². The van der Waals surface area contributed by atoms with Crippen LogP contribution >= 0.6 is 0 Å². The number of para-hydroxylation sites is 1. The van der Waals surface area contributed by atoms with Crippen LogP contribution in [0, 0.1) is 0 Å². The van der Waals surface area contributed by atoms with Crippen LogP contribution in [0.5, 0.6) is 23.0 Å². The minimum Gasteiger partial charge on any atom is -0.493 e. The van der Waals surface area contributed by atoms with Crippen molar-refractivity contribution in [3.05, 3.63) is 69.3 Å². The maximum Gasteiger partial charge on any atom is 0.340 e. The summed E-state index contributed by atoms with van der Waals surface area (Å²) in [5.74, 6) is -0.369. The number of hydrogen-bond donors (Lipinski definition) is 2. The molecule has 2 heterocycles. The zero-order chi connectivity index (χ0) is 23.7. The summed E-state index contributed by atoms with van der Waals surface area (Å²) in [6.45, 7) is 1.81. The van der Waals surface area contributed by atoms with E-state index >= 15 is 0 Å². The lowest BCUT2D eigenvalue weighted by molar-refractivity contribution is -0.139. The van der Waals surface area contributed by atoms with Crippen molar-refractivity contribution in [3.8, 4) is 23.0 Å². The highest BCUT2D eigenvalue weighted by atomic mass is 16.5. The number of esters is 1. The summed E-state index contributed by atoms with van der Waals surface area (Å²) in [5, 5.41) is 0.649. The quantitative estimate of drug-likeness (QED) is 0.548. The molecule has 1 aromatic heterocycles. The number of nitrogens with two attached hydrogens (primary N) is 1. The van der Waals surface area contributed by atoms with E-state index in [9.17, 15) is 9.59 Å². The van der Waals surface area contributed by atoms with Crippen LogP contribution in [0.15, 0.2) is 52.6 Å². The summed E-state index contributed by atoms with van der Waals surface area (Å²) in [7, 11) is 4.45. The molecule has 0 saturated heterocycles. The number of carbonyl (C=O) groups is 1. The number of nitrogens with one attached hydrogen (secondary N) is 1. The number of H-pyrrole nitrogens is 1. The fourth-order valence-corrected chi connectivity index (χ4v) is 4.08. The molecular weight excluding hydrogens is 428 g/mol. The van der Waals surface area contributed by atoms with Gasteiger partial charge < -0.3 is 34.4 Å². The van der Waals surface area contributed by atoms with Gasteiger partial charge in [0.05, 0.1) is 44.9 Å². The molecule has 33 heavy (non-hydrogen) atoms. The molecule has 1 aliphatic heterocycles. The van der Waals surface area contributed by atoms with Gasteiger partial charge in [0.1, 0.15) is 11.3 Å². The van der Waals surface area contributed by atoms with Gasteiger partial charge in [-0.25, -0.2) is 4.79 Å². The highest BCUT2D eigenvalue weighted by molar-refractivity contribution is 5.95. The first-order valence-corrected chi connectivity index (χ1v) is 10.2. The van der Waals surface area contributed by atoms with Crippen molar-refractivity contribution in [2.75, 3.05) is 27.9 Å². The van der Waals surface area contributed by atoms with Gasteiger partial charge in [0.25, 0.3) is 5.56 Å². The number of fused-ring (bicyclic) bond motifs is 3. The highest BCUT2D eigenvalue weighted by Gasteiger charge is 2.39. The minimum absolute atomic E-state index is 0.0133. The first-order chi connectivity index (χ1) is 15.9. The maximum atomic E-state index is 13.3. The van der Waals surface area contributed by atoms with E-state index in [1.807, 2.05) is 6.07 Å². The van der Waals surface area contributed by atoms with E-state index in [0.29, 0.717) is 33.7 Å². The normalized spacial score (nSPS) is 15.0. The van der Waals surface area contributed by atoms with Crippen LogP contribution in [0.2, 0.25) is 0 Å². The van der Waals surface area contributed by atoms with Crippen LogP contribution < -0.4 is 30.2 Å². The molecule has 9 heteroatoms. The predicted molar refractivity (Wildman–Crippen MR) is 121 cm³/mol. The van der Waals surface area contributed by atoms with Gasteiger partial charge in [-0.05, 0) is 36.8 Å². The molecular formula is C24H24N2O7. The molecule has 0 fully saturated rings. The monoisotopic (exact) mass is 452 g/mol. The summed E-state index contributed by atoms with van der Waals surface area (Å²) >= 11 is 0. The topological polar surface area (TPSA) is 122 Å². The lowest BCUT2D eigenvalue weighted by Crippen LogP contribution is -2.32. The smallest absolute Gasteiger partial charge is 0.340 e. The summed E-state index contributed by atoms with van der Waals surface area (Å²) < 4.78 is 27.5. The molecule has 3 N–H and O–H groups in total. The maximum absolute atomic E-state index is 13.3. The van der Waals surface area contributed by atoms with Crippen molar-refractivity contribution in [3.63, 3.8) is 0 Å². The van der Waals surface area contributed by atoms with Crippen molar-refractivity contribution in [1.29, 1.82) is 0 Å². The number of rotatable bonds is 6. The molecule has 0 radical (unpaired) electrons. The summed E-state index contributed by atoms with van der Waals surface area (Å²) in [6.07, 6.45) is 0. The third kappa shape index (κ3) is 3.61. The van der Waals surface area contributed by atoms with Crippen molar-refractivity contribution in [2.24, 2.45) is 5.73 Å². The van der Waals surface area contributed by atoms with Gasteiger partial charge >= 0.3 is 5.97 Å². The Morgan fingerprint density at radius 2 is 1.76 bits per heavy atom. The zero-order valence-corrected chi connectivity index (χ0v) is 18.7. The molecule has 3 aromatic rings. The number of carbonyl (C=O) groups excluding carboxylic acids is 1.